The summed E-state index contributed by atoms with van der Waals surface area (Å²) in [4.78, 5) is 0. The molecule has 1 aromatic rings. The molecule has 1 N–H and O–H groups in total. The fourth-order valence-corrected chi connectivity index (χ4v) is 2.73. The molecule has 0 heterocycles. The lowest BCUT2D eigenvalue weighted by Crippen LogP contribution is -2.20. The van der Waals surface area contributed by atoms with E-state index in [4.69, 9.17) is 0 Å². The molecule has 2 atom stereocenters. The van der Waals surface area contributed by atoms with Gasteiger partial charge in [0.05, 0.1) is 0 Å². The van der Waals surface area contributed by atoms with Crippen molar-refractivity contribution < 1.29 is 0 Å². The van der Waals surface area contributed by atoms with Gasteiger partial charge in [-0.25, -0.2) is 0 Å². The highest BCUT2D eigenvalue weighted by molar-refractivity contribution is 5.33. The second kappa shape index (κ2) is 7.98. The first-order chi connectivity index (χ1) is 9.79. The second-order valence-electron chi connectivity index (χ2n) is 7.65. The normalized spacial score (nSPS) is 15.0. The highest BCUT2D eigenvalue weighted by atomic mass is 14.8. The monoisotopic (exact) mass is 289 g/mol. The summed E-state index contributed by atoms with van der Waals surface area (Å²) in [6.07, 6.45) is 3.63. The Labute approximate surface area is 132 Å². The zero-order valence-electron chi connectivity index (χ0n) is 15.2. The van der Waals surface area contributed by atoms with Crippen molar-refractivity contribution in [3.05, 3.63) is 34.9 Å². The van der Waals surface area contributed by atoms with Crippen LogP contribution in [0.25, 0.3) is 0 Å². The van der Waals surface area contributed by atoms with Crippen LogP contribution >= 0.6 is 0 Å². The maximum Gasteiger partial charge on any atom is -0.00461 e. The third-order valence-electron chi connectivity index (χ3n) is 5.08. The van der Waals surface area contributed by atoms with Gasteiger partial charge in [0, 0.05) is 0 Å². The molecule has 0 fully saturated rings. The molecule has 0 saturated carbocycles. The van der Waals surface area contributed by atoms with E-state index < -0.39 is 0 Å². The van der Waals surface area contributed by atoms with Gasteiger partial charge in [0.2, 0.25) is 0 Å². The summed E-state index contributed by atoms with van der Waals surface area (Å²) in [5.74, 6) is 1.38. The van der Waals surface area contributed by atoms with Crippen LogP contribution in [0.15, 0.2) is 18.2 Å². The molecule has 1 rings (SSSR count). The Morgan fingerprint density at radius 3 is 2.38 bits per heavy atom. The summed E-state index contributed by atoms with van der Waals surface area (Å²) in [5.41, 5.74) is 4.88. The lowest BCUT2D eigenvalue weighted by molar-refractivity contribution is 0.260. The Morgan fingerprint density at radius 1 is 1.19 bits per heavy atom. The summed E-state index contributed by atoms with van der Waals surface area (Å²) in [6, 6.07) is 7.13. The van der Waals surface area contributed by atoms with E-state index in [9.17, 15) is 0 Å². The van der Waals surface area contributed by atoms with Crippen molar-refractivity contribution >= 4 is 0 Å². The van der Waals surface area contributed by atoms with Gasteiger partial charge in [-0.2, -0.15) is 0 Å². The Balaban J connectivity index is 2.93. The average molecular weight is 290 g/mol. The third-order valence-corrected chi connectivity index (χ3v) is 5.08. The average Bonchev–Trinajstić information content (AvgIpc) is 2.41. The molecular weight excluding hydrogens is 254 g/mol. The largest absolute Gasteiger partial charge is 0.320 e. The van der Waals surface area contributed by atoms with Crippen LogP contribution in [0.3, 0.4) is 0 Å². The highest BCUT2D eigenvalue weighted by Gasteiger charge is 2.21. The number of nitrogens with one attached hydrogen (secondary N) is 1. The molecule has 2 unspecified atom stereocenters. The first-order valence-electron chi connectivity index (χ1n) is 8.53. The maximum atomic E-state index is 3.28. The number of rotatable bonds is 7. The summed E-state index contributed by atoms with van der Waals surface area (Å²) >= 11 is 0. The van der Waals surface area contributed by atoms with Crippen LogP contribution in [-0.4, -0.2) is 13.6 Å². The molecule has 0 aliphatic heterocycles. The van der Waals surface area contributed by atoms with Gasteiger partial charge in [0.25, 0.3) is 0 Å². The maximum absolute atomic E-state index is 3.28. The summed E-state index contributed by atoms with van der Waals surface area (Å²) in [6.45, 7) is 15.1. The molecule has 120 valence electrons. The van der Waals surface area contributed by atoms with Gasteiger partial charge in [-0.1, -0.05) is 52.8 Å². The molecule has 0 amide bonds. The lowest BCUT2D eigenvalue weighted by atomic mass is 9.77. The molecule has 1 aromatic carbocycles. The number of aryl methyl sites for hydroxylation is 1. The minimum atomic E-state index is 0.374. The fourth-order valence-electron chi connectivity index (χ4n) is 2.73. The van der Waals surface area contributed by atoms with Gasteiger partial charge in [-0.05, 0) is 73.7 Å². The van der Waals surface area contributed by atoms with Crippen LogP contribution in [0.5, 0.6) is 0 Å². The fraction of sp³-hybridized carbons (Fsp3) is 0.700. The molecule has 0 bridgehead atoms. The van der Waals surface area contributed by atoms with E-state index in [1.165, 1.54) is 36.0 Å². The zero-order chi connectivity index (χ0) is 16.0. The lowest BCUT2D eigenvalue weighted by Gasteiger charge is -2.28. The summed E-state index contributed by atoms with van der Waals surface area (Å²) in [5, 5.41) is 3.28. The van der Waals surface area contributed by atoms with Crippen molar-refractivity contribution in [1.29, 1.82) is 0 Å². The van der Waals surface area contributed by atoms with Gasteiger partial charge < -0.3 is 5.32 Å². The van der Waals surface area contributed by atoms with Crippen molar-refractivity contribution in [3.63, 3.8) is 0 Å². The minimum Gasteiger partial charge on any atom is -0.320 e. The van der Waals surface area contributed by atoms with Crippen molar-refractivity contribution in [2.24, 2.45) is 11.3 Å². The SMILES string of the molecule is CCC(CCNC)c1ccc(C)c(CC(C)C(C)(C)C)c1. The van der Waals surface area contributed by atoms with Crippen molar-refractivity contribution in [2.75, 3.05) is 13.6 Å². The molecular formula is C20H35N. The summed E-state index contributed by atoms with van der Waals surface area (Å²) < 4.78 is 0. The molecule has 0 saturated heterocycles. The van der Waals surface area contributed by atoms with Crippen molar-refractivity contribution in [3.8, 4) is 0 Å². The molecule has 0 spiro atoms. The van der Waals surface area contributed by atoms with Gasteiger partial charge in [-0.15, -0.1) is 0 Å². The van der Waals surface area contributed by atoms with Crippen LogP contribution < -0.4 is 5.32 Å². The zero-order valence-corrected chi connectivity index (χ0v) is 15.2. The van der Waals surface area contributed by atoms with Gasteiger partial charge >= 0.3 is 0 Å². The van der Waals surface area contributed by atoms with Crippen molar-refractivity contribution in [2.45, 2.75) is 66.7 Å². The Kier molecular flexibility index (Phi) is 6.93. The molecule has 0 aromatic heterocycles. The molecule has 1 nitrogen and oxygen atoms in total. The molecule has 0 radical (unpaired) electrons. The minimum absolute atomic E-state index is 0.374. The Hall–Kier alpha value is -0.820. The quantitative estimate of drug-likeness (QED) is 0.716. The summed E-state index contributed by atoms with van der Waals surface area (Å²) in [7, 11) is 2.04. The van der Waals surface area contributed by atoms with E-state index in [2.05, 4.69) is 65.1 Å². The standard InChI is InChI=1S/C20H35N/c1-8-17(11-12-21-7)18-10-9-15(2)19(14-18)13-16(3)20(4,5)6/h9-10,14,16-17,21H,8,11-13H2,1-7H3. The van der Waals surface area contributed by atoms with Crippen molar-refractivity contribution in [1.82, 2.24) is 5.32 Å². The van der Waals surface area contributed by atoms with E-state index in [1.54, 1.807) is 0 Å². The molecule has 1 heteroatoms. The van der Waals surface area contributed by atoms with Crippen LogP contribution in [0.2, 0.25) is 0 Å². The van der Waals surface area contributed by atoms with E-state index in [1.807, 2.05) is 7.05 Å². The topological polar surface area (TPSA) is 12.0 Å². The predicted molar refractivity (Wildman–Crippen MR) is 95.1 cm³/mol. The van der Waals surface area contributed by atoms with Gasteiger partial charge in [0.1, 0.15) is 0 Å². The number of hydrogen-bond acceptors (Lipinski definition) is 1. The Morgan fingerprint density at radius 2 is 1.86 bits per heavy atom. The van der Waals surface area contributed by atoms with Crippen LogP contribution in [0.4, 0.5) is 0 Å². The first kappa shape index (κ1) is 18.2. The van der Waals surface area contributed by atoms with Crippen LogP contribution in [-0.2, 0) is 6.42 Å². The first-order valence-corrected chi connectivity index (χ1v) is 8.53. The molecule has 0 aliphatic carbocycles. The van der Waals surface area contributed by atoms with E-state index in [-0.39, 0.29) is 0 Å². The van der Waals surface area contributed by atoms with Gasteiger partial charge in [0.15, 0.2) is 0 Å². The van der Waals surface area contributed by atoms with Gasteiger partial charge in [-0.3, -0.25) is 0 Å². The number of hydrogen-bond donors (Lipinski definition) is 1. The highest BCUT2D eigenvalue weighted by Crippen LogP contribution is 2.31. The van der Waals surface area contributed by atoms with E-state index in [0.29, 0.717) is 17.3 Å². The smallest absolute Gasteiger partial charge is 0.00461 e. The van der Waals surface area contributed by atoms with E-state index >= 15 is 0 Å². The number of benzene rings is 1. The molecule has 21 heavy (non-hydrogen) atoms. The van der Waals surface area contributed by atoms with E-state index in [0.717, 1.165) is 6.54 Å². The van der Waals surface area contributed by atoms with Crippen LogP contribution in [0, 0.1) is 18.3 Å². The third kappa shape index (κ3) is 5.47. The predicted octanol–water partition coefficient (Wildman–Crippen LogP) is 5.32. The molecule has 0 aliphatic rings. The van der Waals surface area contributed by atoms with Crippen LogP contribution in [0.1, 0.15) is 70.1 Å². The Bertz CT molecular complexity index is 428. The second-order valence-corrected chi connectivity index (χ2v) is 7.65.